The lowest BCUT2D eigenvalue weighted by Crippen LogP contribution is -2.32. The van der Waals surface area contributed by atoms with Gasteiger partial charge in [0, 0.05) is 24.7 Å². The van der Waals surface area contributed by atoms with E-state index in [-0.39, 0.29) is 11.9 Å². The van der Waals surface area contributed by atoms with Crippen molar-refractivity contribution in [3.05, 3.63) is 29.3 Å². The topological polar surface area (TPSA) is 55.6 Å². The maximum atomic E-state index is 12.3. The van der Waals surface area contributed by atoms with E-state index in [1.54, 1.807) is 13.2 Å². The van der Waals surface area contributed by atoms with Gasteiger partial charge in [-0.15, -0.1) is 0 Å². The molecular formula is C14H20N2O2. The molecule has 4 heteroatoms. The van der Waals surface area contributed by atoms with Crippen molar-refractivity contribution >= 4 is 5.91 Å². The molecular weight excluding hydrogens is 228 g/mol. The molecule has 1 heterocycles. The smallest absolute Gasteiger partial charge is 0.254 e. The average molecular weight is 248 g/mol. The number of amides is 1. The highest BCUT2D eigenvalue weighted by Crippen LogP contribution is 2.22. The van der Waals surface area contributed by atoms with Crippen molar-refractivity contribution in [1.82, 2.24) is 4.90 Å². The van der Waals surface area contributed by atoms with Crippen molar-refractivity contribution in [1.29, 1.82) is 0 Å². The van der Waals surface area contributed by atoms with Crippen LogP contribution in [0.25, 0.3) is 0 Å². The minimum Gasteiger partial charge on any atom is -0.496 e. The van der Waals surface area contributed by atoms with Crippen LogP contribution < -0.4 is 10.5 Å². The summed E-state index contributed by atoms with van der Waals surface area (Å²) in [5.41, 5.74) is 7.64. The number of carbonyl (C=O) groups is 1. The maximum absolute atomic E-state index is 12.3. The Morgan fingerprint density at radius 2 is 2.17 bits per heavy atom. The highest BCUT2D eigenvalue weighted by Gasteiger charge is 2.30. The normalized spacial score (nSPS) is 23.2. The number of nitrogens with zero attached hydrogens (tertiary/aromatic N) is 1. The third-order valence-electron chi connectivity index (χ3n) is 3.61. The van der Waals surface area contributed by atoms with Crippen molar-refractivity contribution in [3.8, 4) is 5.75 Å². The van der Waals surface area contributed by atoms with E-state index in [9.17, 15) is 4.79 Å². The van der Waals surface area contributed by atoms with Gasteiger partial charge in [-0.2, -0.15) is 0 Å². The Bertz CT molecular complexity index is 449. The molecule has 2 atom stereocenters. The molecule has 2 unspecified atom stereocenters. The molecule has 0 spiro atoms. The molecule has 0 aromatic heterocycles. The van der Waals surface area contributed by atoms with E-state index in [1.165, 1.54) is 0 Å². The molecule has 1 aromatic rings. The molecule has 0 bridgehead atoms. The van der Waals surface area contributed by atoms with E-state index in [1.807, 2.05) is 24.0 Å². The first kappa shape index (κ1) is 12.9. The summed E-state index contributed by atoms with van der Waals surface area (Å²) in [5, 5.41) is 0. The molecule has 18 heavy (non-hydrogen) atoms. The Kier molecular flexibility index (Phi) is 3.57. The molecule has 1 fully saturated rings. The molecule has 0 saturated carbocycles. The molecule has 2 rings (SSSR count). The van der Waals surface area contributed by atoms with Crippen LogP contribution in [0.1, 0.15) is 22.8 Å². The molecule has 98 valence electrons. The number of hydrogen-bond acceptors (Lipinski definition) is 3. The summed E-state index contributed by atoms with van der Waals surface area (Å²) in [7, 11) is 1.62. The van der Waals surface area contributed by atoms with Crippen LogP contribution >= 0.6 is 0 Å². The number of nitrogens with two attached hydrogens (primary N) is 1. The summed E-state index contributed by atoms with van der Waals surface area (Å²) in [4.78, 5) is 14.2. The van der Waals surface area contributed by atoms with Crippen molar-refractivity contribution in [3.63, 3.8) is 0 Å². The number of ether oxygens (including phenoxy) is 1. The van der Waals surface area contributed by atoms with Crippen molar-refractivity contribution in [2.45, 2.75) is 19.9 Å². The Morgan fingerprint density at radius 1 is 1.44 bits per heavy atom. The average Bonchev–Trinajstić information content (AvgIpc) is 2.69. The summed E-state index contributed by atoms with van der Waals surface area (Å²) in [6, 6.07) is 5.63. The monoisotopic (exact) mass is 248 g/mol. The van der Waals surface area contributed by atoms with Crippen molar-refractivity contribution < 1.29 is 9.53 Å². The molecule has 1 saturated heterocycles. The van der Waals surface area contributed by atoms with Crippen LogP contribution in [0, 0.1) is 12.8 Å². The second kappa shape index (κ2) is 4.98. The van der Waals surface area contributed by atoms with E-state index < -0.39 is 0 Å². The molecule has 1 aliphatic rings. The van der Waals surface area contributed by atoms with Crippen LogP contribution in [0.4, 0.5) is 0 Å². The van der Waals surface area contributed by atoms with Crippen LogP contribution in [-0.4, -0.2) is 37.0 Å². The fourth-order valence-corrected chi connectivity index (χ4v) is 2.29. The van der Waals surface area contributed by atoms with Crippen LogP contribution in [-0.2, 0) is 0 Å². The van der Waals surface area contributed by atoms with Crippen molar-refractivity contribution in [2.75, 3.05) is 20.2 Å². The zero-order valence-electron chi connectivity index (χ0n) is 11.1. The first-order chi connectivity index (χ1) is 8.52. The number of carbonyl (C=O) groups excluding carboxylic acids is 1. The summed E-state index contributed by atoms with van der Waals surface area (Å²) >= 11 is 0. The van der Waals surface area contributed by atoms with E-state index in [0.29, 0.717) is 18.0 Å². The lowest BCUT2D eigenvalue weighted by atomic mass is 10.1. The van der Waals surface area contributed by atoms with Crippen molar-refractivity contribution in [2.24, 2.45) is 11.7 Å². The number of aryl methyl sites for hydroxylation is 1. The summed E-state index contributed by atoms with van der Waals surface area (Å²) < 4.78 is 5.25. The Hall–Kier alpha value is -1.55. The second-order valence-corrected chi connectivity index (χ2v) is 5.04. The highest BCUT2D eigenvalue weighted by atomic mass is 16.5. The van der Waals surface area contributed by atoms with E-state index in [4.69, 9.17) is 10.5 Å². The number of likely N-dealkylation sites (tertiary alicyclic amines) is 1. The fraction of sp³-hybridized carbons (Fsp3) is 0.500. The first-order valence-electron chi connectivity index (χ1n) is 6.22. The molecule has 0 radical (unpaired) electrons. The van der Waals surface area contributed by atoms with Gasteiger partial charge in [0.05, 0.1) is 7.11 Å². The van der Waals surface area contributed by atoms with E-state index in [2.05, 4.69) is 6.92 Å². The van der Waals surface area contributed by atoms with E-state index in [0.717, 1.165) is 17.9 Å². The van der Waals surface area contributed by atoms with Gasteiger partial charge in [-0.1, -0.05) is 13.0 Å². The summed E-state index contributed by atoms with van der Waals surface area (Å²) in [6.07, 6.45) is 0. The lowest BCUT2D eigenvalue weighted by Gasteiger charge is -2.16. The molecule has 1 aliphatic heterocycles. The predicted molar refractivity (Wildman–Crippen MR) is 70.8 cm³/mol. The third-order valence-corrected chi connectivity index (χ3v) is 3.61. The Labute approximate surface area is 108 Å². The van der Waals surface area contributed by atoms with Gasteiger partial charge in [0.25, 0.3) is 5.91 Å². The standard InChI is InChI=1S/C14H20N2O2/c1-9-4-5-11(6-13(9)18-3)14(17)16-7-10(2)12(15)8-16/h4-6,10,12H,7-8,15H2,1-3H3. The zero-order valence-corrected chi connectivity index (χ0v) is 11.1. The summed E-state index contributed by atoms with van der Waals surface area (Å²) in [6.45, 7) is 5.40. The van der Waals surface area contributed by atoms with Gasteiger partial charge in [0.1, 0.15) is 5.75 Å². The SMILES string of the molecule is COc1cc(C(=O)N2CC(C)C(N)C2)ccc1C. The van der Waals surface area contributed by atoms with Crippen LogP contribution in [0.5, 0.6) is 5.75 Å². The van der Waals surface area contributed by atoms with Gasteiger partial charge in [0.15, 0.2) is 0 Å². The highest BCUT2D eigenvalue weighted by molar-refractivity contribution is 5.95. The van der Waals surface area contributed by atoms with Gasteiger partial charge in [-0.3, -0.25) is 4.79 Å². The van der Waals surface area contributed by atoms with Crippen LogP contribution in [0.3, 0.4) is 0 Å². The minimum atomic E-state index is 0.0353. The Morgan fingerprint density at radius 3 is 2.72 bits per heavy atom. The third kappa shape index (κ3) is 2.34. The molecule has 1 aromatic carbocycles. The van der Waals surface area contributed by atoms with Crippen LogP contribution in [0.2, 0.25) is 0 Å². The zero-order chi connectivity index (χ0) is 13.3. The van der Waals surface area contributed by atoms with Gasteiger partial charge < -0.3 is 15.4 Å². The van der Waals surface area contributed by atoms with Crippen LogP contribution in [0.15, 0.2) is 18.2 Å². The molecule has 2 N–H and O–H groups in total. The van der Waals surface area contributed by atoms with Gasteiger partial charge >= 0.3 is 0 Å². The fourth-order valence-electron chi connectivity index (χ4n) is 2.29. The summed E-state index contributed by atoms with van der Waals surface area (Å²) in [5.74, 6) is 1.15. The number of hydrogen-bond donors (Lipinski definition) is 1. The predicted octanol–water partition coefficient (Wildman–Crippen LogP) is 1.42. The van der Waals surface area contributed by atoms with Gasteiger partial charge in [0.2, 0.25) is 0 Å². The van der Waals surface area contributed by atoms with Gasteiger partial charge in [-0.05, 0) is 30.5 Å². The number of methoxy groups -OCH3 is 1. The quantitative estimate of drug-likeness (QED) is 0.861. The van der Waals surface area contributed by atoms with Gasteiger partial charge in [-0.25, -0.2) is 0 Å². The minimum absolute atomic E-state index is 0.0353. The molecule has 1 amide bonds. The molecule has 4 nitrogen and oxygen atoms in total. The number of rotatable bonds is 2. The maximum Gasteiger partial charge on any atom is 0.254 e. The first-order valence-corrected chi connectivity index (χ1v) is 6.22. The number of benzene rings is 1. The Balaban J connectivity index is 2.19. The largest absolute Gasteiger partial charge is 0.496 e. The van der Waals surface area contributed by atoms with E-state index >= 15 is 0 Å². The second-order valence-electron chi connectivity index (χ2n) is 5.04. The molecule has 0 aliphatic carbocycles. The lowest BCUT2D eigenvalue weighted by molar-refractivity contribution is 0.0786.